The van der Waals surface area contributed by atoms with E-state index >= 15 is 0 Å². The molecule has 0 spiro atoms. The predicted molar refractivity (Wildman–Crippen MR) is 84.4 cm³/mol. The molecule has 2 aromatic rings. The van der Waals surface area contributed by atoms with Gasteiger partial charge in [0.15, 0.2) is 0 Å². The molecule has 0 bridgehead atoms. The third kappa shape index (κ3) is 4.40. The summed E-state index contributed by atoms with van der Waals surface area (Å²) in [6.45, 7) is 3.37. The van der Waals surface area contributed by atoms with Crippen molar-refractivity contribution in [2.24, 2.45) is 11.7 Å². The lowest BCUT2D eigenvalue weighted by atomic mass is 10.1. The van der Waals surface area contributed by atoms with Gasteiger partial charge in [-0.3, -0.25) is 4.79 Å². The number of carbonyl (C=O) groups excluding carboxylic acids is 1. The summed E-state index contributed by atoms with van der Waals surface area (Å²) in [5.74, 6) is 0.322. The second kappa shape index (κ2) is 7.52. The number of hydrogen-bond acceptors (Lipinski definition) is 5. The van der Waals surface area contributed by atoms with Gasteiger partial charge in [-0.25, -0.2) is 4.98 Å². The first-order valence-electron chi connectivity index (χ1n) is 6.64. The Bertz CT molecular complexity index is 536. The highest BCUT2D eigenvalue weighted by Crippen LogP contribution is 2.14. The highest BCUT2D eigenvalue weighted by atomic mass is 32.1. The van der Waals surface area contributed by atoms with Gasteiger partial charge >= 0.3 is 0 Å². The van der Waals surface area contributed by atoms with Crippen LogP contribution in [-0.4, -0.2) is 24.0 Å². The zero-order valence-electron chi connectivity index (χ0n) is 11.5. The van der Waals surface area contributed by atoms with Gasteiger partial charge in [-0.05, 0) is 30.3 Å². The number of rotatable bonds is 7. The first kappa shape index (κ1) is 15.2. The van der Waals surface area contributed by atoms with Crippen molar-refractivity contribution >= 4 is 28.6 Å². The summed E-state index contributed by atoms with van der Waals surface area (Å²) in [4.78, 5) is 17.6. The molecular formula is C14H19N3OS2. The van der Waals surface area contributed by atoms with Crippen molar-refractivity contribution in [3.05, 3.63) is 38.5 Å². The van der Waals surface area contributed by atoms with Crippen molar-refractivity contribution in [1.82, 2.24) is 10.3 Å². The van der Waals surface area contributed by atoms with E-state index in [1.165, 1.54) is 16.2 Å². The van der Waals surface area contributed by atoms with Crippen LogP contribution in [0, 0.1) is 5.92 Å². The molecule has 2 heterocycles. The molecule has 0 aliphatic carbocycles. The average Bonchev–Trinajstić information content (AvgIpc) is 3.08. The van der Waals surface area contributed by atoms with Crippen LogP contribution in [0.15, 0.2) is 22.9 Å². The first-order valence-corrected chi connectivity index (χ1v) is 8.40. The van der Waals surface area contributed by atoms with Crippen molar-refractivity contribution in [2.45, 2.75) is 19.8 Å². The summed E-state index contributed by atoms with van der Waals surface area (Å²) in [7, 11) is 0. The Hall–Kier alpha value is -1.24. The Labute approximate surface area is 127 Å². The number of amides is 1. The Balaban J connectivity index is 1.79. The fraction of sp³-hybridized carbons (Fsp3) is 0.429. The van der Waals surface area contributed by atoms with Gasteiger partial charge in [-0.2, -0.15) is 0 Å². The maximum atomic E-state index is 12.0. The largest absolute Gasteiger partial charge is 0.350 e. The topological polar surface area (TPSA) is 68.0 Å². The predicted octanol–water partition coefficient (Wildman–Crippen LogP) is 2.31. The van der Waals surface area contributed by atoms with Gasteiger partial charge < -0.3 is 11.1 Å². The summed E-state index contributed by atoms with van der Waals surface area (Å²) in [5.41, 5.74) is 5.98. The van der Waals surface area contributed by atoms with E-state index in [2.05, 4.69) is 34.7 Å². The second-order valence-electron chi connectivity index (χ2n) is 4.76. The lowest BCUT2D eigenvalue weighted by molar-refractivity contribution is 0.0943. The number of nitrogens with one attached hydrogen (secondary N) is 1. The van der Waals surface area contributed by atoms with Crippen LogP contribution in [0.1, 0.15) is 27.3 Å². The number of nitrogens with zero attached hydrogens (tertiary/aromatic N) is 1. The van der Waals surface area contributed by atoms with E-state index in [9.17, 15) is 4.79 Å². The SMILES string of the molecule is CC(CNC(=O)c1csc(CCN)n1)Cc1cccs1. The number of hydrogen-bond donors (Lipinski definition) is 2. The van der Waals surface area contributed by atoms with E-state index < -0.39 is 0 Å². The zero-order chi connectivity index (χ0) is 14.4. The number of thiophene rings is 1. The van der Waals surface area contributed by atoms with Crippen LogP contribution in [0.3, 0.4) is 0 Å². The standard InChI is InChI=1S/C14H19N3OS2/c1-10(7-11-3-2-6-19-11)8-16-14(18)12-9-20-13(17-12)4-5-15/h2-3,6,9-10H,4-5,7-8,15H2,1H3,(H,16,18). The van der Waals surface area contributed by atoms with E-state index in [4.69, 9.17) is 5.73 Å². The van der Waals surface area contributed by atoms with Crippen molar-refractivity contribution in [3.8, 4) is 0 Å². The van der Waals surface area contributed by atoms with Crippen LogP contribution in [0.2, 0.25) is 0 Å². The number of thiazole rings is 1. The van der Waals surface area contributed by atoms with Gasteiger partial charge in [0.1, 0.15) is 5.69 Å². The molecule has 6 heteroatoms. The highest BCUT2D eigenvalue weighted by molar-refractivity contribution is 7.10. The van der Waals surface area contributed by atoms with E-state index in [0.717, 1.165) is 17.8 Å². The maximum Gasteiger partial charge on any atom is 0.270 e. The van der Waals surface area contributed by atoms with E-state index in [0.29, 0.717) is 24.7 Å². The first-order chi connectivity index (χ1) is 9.69. The van der Waals surface area contributed by atoms with Crippen molar-refractivity contribution in [1.29, 1.82) is 0 Å². The van der Waals surface area contributed by atoms with E-state index in [-0.39, 0.29) is 5.91 Å². The third-order valence-corrected chi connectivity index (χ3v) is 4.69. The third-order valence-electron chi connectivity index (χ3n) is 2.88. The van der Waals surface area contributed by atoms with Gasteiger partial charge in [-0.1, -0.05) is 13.0 Å². The molecule has 0 saturated heterocycles. The van der Waals surface area contributed by atoms with Crippen LogP contribution in [0.25, 0.3) is 0 Å². The zero-order valence-corrected chi connectivity index (χ0v) is 13.1. The van der Waals surface area contributed by atoms with Crippen molar-refractivity contribution in [2.75, 3.05) is 13.1 Å². The van der Waals surface area contributed by atoms with Crippen LogP contribution in [0.5, 0.6) is 0 Å². The summed E-state index contributed by atoms with van der Waals surface area (Å²) < 4.78 is 0. The van der Waals surface area contributed by atoms with Crippen molar-refractivity contribution < 1.29 is 4.79 Å². The molecule has 2 aromatic heterocycles. The minimum Gasteiger partial charge on any atom is -0.350 e. The minimum absolute atomic E-state index is 0.0949. The molecule has 20 heavy (non-hydrogen) atoms. The summed E-state index contributed by atoms with van der Waals surface area (Å²) in [6, 6.07) is 4.18. The lowest BCUT2D eigenvalue weighted by Crippen LogP contribution is -2.29. The van der Waals surface area contributed by atoms with Gasteiger partial charge in [0.25, 0.3) is 5.91 Å². The normalized spacial score (nSPS) is 12.3. The van der Waals surface area contributed by atoms with Crippen LogP contribution < -0.4 is 11.1 Å². The van der Waals surface area contributed by atoms with Crippen LogP contribution >= 0.6 is 22.7 Å². The summed E-state index contributed by atoms with van der Waals surface area (Å²) in [6.07, 6.45) is 1.72. The number of aromatic nitrogens is 1. The Morgan fingerprint density at radius 2 is 2.35 bits per heavy atom. The monoisotopic (exact) mass is 309 g/mol. The smallest absolute Gasteiger partial charge is 0.270 e. The Morgan fingerprint density at radius 3 is 3.05 bits per heavy atom. The quantitative estimate of drug-likeness (QED) is 0.825. The van der Waals surface area contributed by atoms with Crippen LogP contribution in [0.4, 0.5) is 0 Å². The molecule has 1 amide bonds. The maximum absolute atomic E-state index is 12.0. The number of nitrogens with two attached hydrogens (primary N) is 1. The van der Waals surface area contributed by atoms with E-state index in [1.807, 2.05) is 0 Å². The Kier molecular flexibility index (Phi) is 5.70. The van der Waals surface area contributed by atoms with Crippen molar-refractivity contribution in [3.63, 3.8) is 0 Å². The summed E-state index contributed by atoms with van der Waals surface area (Å²) in [5, 5.41) is 7.74. The van der Waals surface area contributed by atoms with Gasteiger partial charge in [-0.15, -0.1) is 22.7 Å². The molecule has 3 N–H and O–H groups in total. The molecule has 0 aliphatic heterocycles. The molecule has 0 saturated carbocycles. The molecular weight excluding hydrogens is 290 g/mol. The molecule has 1 atom stereocenters. The molecule has 0 aliphatic rings. The average molecular weight is 309 g/mol. The Morgan fingerprint density at radius 1 is 1.50 bits per heavy atom. The van der Waals surface area contributed by atoms with Gasteiger partial charge in [0.2, 0.25) is 0 Å². The second-order valence-corrected chi connectivity index (χ2v) is 6.74. The van der Waals surface area contributed by atoms with E-state index in [1.54, 1.807) is 16.7 Å². The highest BCUT2D eigenvalue weighted by Gasteiger charge is 2.12. The molecule has 0 aromatic carbocycles. The molecule has 2 rings (SSSR count). The van der Waals surface area contributed by atoms with Gasteiger partial charge in [0.05, 0.1) is 5.01 Å². The molecule has 0 fully saturated rings. The lowest BCUT2D eigenvalue weighted by Gasteiger charge is -2.10. The van der Waals surface area contributed by atoms with Crippen LogP contribution in [-0.2, 0) is 12.8 Å². The molecule has 108 valence electrons. The fourth-order valence-corrected chi connectivity index (χ4v) is 3.52. The molecule has 4 nitrogen and oxygen atoms in total. The summed E-state index contributed by atoms with van der Waals surface area (Å²) >= 11 is 3.25. The fourth-order valence-electron chi connectivity index (χ4n) is 1.86. The molecule has 0 radical (unpaired) electrons. The number of carbonyl (C=O) groups is 1. The molecule has 1 unspecified atom stereocenters. The minimum atomic E-state index is -0.0949. The van der Waals surface area contributed by atoms with Gasteiger partial charge in [0, 0.05) is 23.2 Å².